The van der Waals surface area contributed by atoms with Crippen molar-refractivity contribution in [2.45, 2.75) is 31.8 Å². The highest BCUT2D eigenvalue weighted by Crippen LogP contribution is 2.31. The van der Waals surface area contributed by atoms with Crippen molar-refractivity contribution >= 4 is 28.3 Å². The Bertz CT molecular complexity index is 487. The van der Waals surface area contributed by atoms with Crippen molar-refractivity contribution < 1.29 is 4.52 Å². The largest absolute Gasteiger partial charge is 0.389 e. The fourth-order valence-electron chi connectivity index (χ4n) is 1.30. The van der Waals surface area contributed by atoms with Crippen LogP contribution in [0.15, 0.2) is 4.52 Å². The summed E-state index contributed by atoms with van der Waals surface area (Å²) in [6.07, 6.45) is 0. The Morgan fingerprint density at radius 3 is 2.82 bits per heavy atom. The average molecular weight is 270 g/mol. The van der Waals surface area contributed by atoms with Crippen molar-refractivity contribution in [2.75, 3.05) is 5.73 Å². The van der Waals surface area contributed by atoms with Crippen molar-refractivity contribution in [3.63, 3.8) is 0 Å². The molecule has 17 heavy (non-hydrogen) atoms. The Hall–Kier alpha value is -1.08. The van der Waals surface area contributed by atoms with E-state index in [2.05, 4.69) is 28.4 Å². The Kier molecular flexibility index (Phi) is 3.68. The summed E-state index contributed by atoms with van der Waals surface area (Å²) < 4.78 is 9.37. The van der Waals surface area contributed by atoms with Crippen molar-refractivity contribution in [3.05, 3.63) is 11.5 Å². The van der Waals surface area contributed by atoms with Crippen LogP contribution in [0.1, 0.15) is 25.4 Å². The summed E-state index contributed by atoms with van der Waals surface area (Å²) in [6, 6.07) is 0. The number of thioether (sulfide) groups is 1. The number of nitrogens with zero attached hydrogens (tertiary/aromatic N) is 3. The minimum atomic E-state index is 0.466. The van der Waals surface area contributed by atoms with Gasteiger partial charge in [-0.2, -0.15) is 21.1 Å². The summed E-state index contributed by atoms with van der Waals surface area (Å²) in [7, 11) is 0. The Morgan fingerprint density at radius 1 is 1.47 bits per heavy atom. The van der Waals surface area contributed by atoms with Crippen LogP contribution in [0.3, 0.4) is 0 Å². The van der Waals surface area contributed by atoms with E-state index in [1.807, 2.05) is 6.92 Å². The summed E-state index contributed by atoms with van der Waals surface area (Å²) in [5, 5.41) is 5.11. The van der Waals surface area contributed by atoms with E-state index in [9.17, 15) is 0 Å². The first kappa shape index (κ1) is 12.4. The summed E-state index contributed by atoms with van der Waals surface area (Å²) in [5.41, 5.74) is 7.43. The van der Waals surface area contributed by atoms with E-state index in [0.29, 0.717) is 22.0 Å². The number of nitrogen functional groups attached to an aromatic ring is 1. The maximum atomic E-state index is 5.83. The lowest BCUT2D eigenvalue weighted by Crippen LogP contribution is -1.91. The molecule has 92 valence electrons. The van der Waals surface area contributed by atoms with Crippen LogP contribution >= 0.6 is 23.3 Å². The third kappa shape index (κ3) is 2.78. The molecule has 0 aliphatic carbocycles. The van der Waals surface area contributed by atoms with Crippen LogP contribution < -0.4 is 5.73 Å². The number of aromatic nitrogens is 3. The molecule has 0 saturated carbocycles. The van der Waals surface area contributed by atoms with E-state index >= 15 is 0 Å². The number of nitrogens with two attached hydrogens (primary N) is 1. The average Bonchev–Trinajstić information content (AvgIpc) is 2.83. The van der Waals surface area contributed by atoms with Gasteiger partial charge in [0.2, 0.25) is 0 Å². The molecule has 5 nitrogen and oxygen atoms in total. The first-order valence-electron chi connectivity index (χ1n) is 5.24. The van der Waals surface area contributed by atoms with Crippen LogP contribution in [-0.2, 0) is 5.75 Å². The molecule has 7 heteroatoms. The lowest BCUT2D eigenvalue weighted by atomic mass is 10.2. The number of anilines is 1. The van der Waals surface area contributed by atoms with Crippen LogP contribution in [0.5, 0.6) is 0 Å². The predicted octanol–water partition coefficient (Wildman–Crippen LogP) is 2.73. The molecule has 0 spiro atoms. The SMILES string of the molecule is Cc1nsc(N)c1-c1nc(CSC(C)C)no1. The highest BCUT2D eigenvalue weighted by atomic mass is 32.2. The Balaban J connectivity index is 2.18. The molecular formula is C10H14N4OS2. The molecule has 0 aliphatic heterocycles. The normalized spacial score (nSPS) is 11.3. The quantitative estimate of drug-likeness (QED) is 0.920. The van der Waals surface area contributed by atoms with Crippen molar-refractivity contribution in [1.29, 1.82) is 0 Å². The van der Waals surface area contributed by atoms with Crippen LogP contribution in [0, 0.1) is 6.92 Å². The molecule has 0 saturated heterocycles. The molecule has 0 bridgehead atoms. The number of hydrogen-bond acceptors (Lipinski definition) is 7. The maximum Gasteiger partial charge on any atom is 0.262 e. The summed E-state index contributed by atoms with van der Waals surface area (Å²) in [5.74, 6) is 1.91. The van der Waals surface area contributed by atoms with E-state index in [-0.39, 0.29) is 0 Å². The molecule has 0 atom stereocenters. The van der Waals surface area contributed by atoms with Gasteiger partial charge < -0.3 is 10.3 Å². The van der Waals surface area contributed by atoms with Gasteiger partial charge in [0.05, 0.1) is 17.0 Å². The zero-order chi connectivity index (χ0) is 12.4. The molecule has 0 amide bonds. The van der Waals surface area contributed by atoms with Crippen molar-refractivity contribution in [3.8, 4) is 11.5 Å². The monoisotopic (exact) mass is 270 g/mol. The van der Waals surface area contributed by atoms with Crippen LogP contribution in [0.2, 0.25) is 0 Å². The minimum Gasteiger partial charge on any atom is -0.389 e. The zero-order valence-corrected chi connectivity index (χ0v) is 11.6. The maximum absolute atomic E-state index is 5.83. The van der Waals surface area contributed by atoms with Crippen molar-refractivity contribution in [2.24, 2.45) is 0 Å². The fourth-order valence-corrected chi connectivity index (χ4v) is 2.56. The Morgan fingerprint density at radius 2 is 2.24 bits per heavy atom. The highest BCUT2D eigenvalue weighted by Gasteiger charge is 2.17. The van der Waals surface area contributed by atoms with Gasteiger partial charge in [-0.25, -0.2) is 0 Å². The second kappa shape index (κ2) is 5.05. The molecule has 0 unspecified atom stereocenters. The van der Waals surface area contributed by atoms with E-state index in [1.165, 1.54) is 11.5 Å². The first-order chi connectivity index (χ1) is 8.08. The lowest BCUT2D eigenvalue weighted by Gasteiger charge is -1.99. The molecule has 2 aromatic heterocycles. The van der Waals surface area contributed by atoms with Gasteiger partial charge in [-0.3, -0.25) is 0 Å². The second-order valence-electron chi connectivity index (χ2n) is 3.88. The third-order valence-corrected chi connectivity index (χ3v) is 3.97. The standard InChI is InChI=1S/C10H14N4OS2/c1-5(2)16-4-7-12-10(15-13-7)8-6(3)14-17-9(8)11/h5H,4,11H2,1-3H3. The van der Waals surface area contributed by atoms with Crippen LogP contribution in [-0.4, -0.2) is 19.8 Å². The molecule has 2 rings (SSSR count). The molecule has 0 fully saturated rings. The van der Waals surface area contributed by atoms with Gasteiger partial charge in [0.25, 0.3) is 5.89 Å². The van der Waals surface area contributed by atoms with E-state index in [4.69, 9.17) is 10.3 Å². The van der Waals surface area contributed by atoms with Crippen molar-refractivity contribution in [1.82, 2.24) is 14.5 Å². The summed E-state index contributed by atoms with van der Waals surface area (Å²) in [6.45, 7) is 6.15. The Labute approximate surface area is 108 Å². The number of rotatable bonds is 4. The van der Waals surface area contributed by atoms with Crippen LogP contribution in [0.4, 0.5) is 5.00 Å². The first-order valence-corrected chi connectivity index (χ1v) is 7.06. The summed E-state index contributed by atoms with van der Waals surface area (Å²) in [4.78, 5) is 4.33. The number of hydrogen-bond donors (Lipinski definition) is 1. The summed E-state index contributed by atoms with van der Waals surface area (Å²) >= 11 is 3.02. The molecule has 0 aliphatic rings. The zero-order valence-electron chi connectivity index (χ0n) is 9.93. The fraction of sp³-hybridized carbons (Fsp3) is 0.500. The molecule has 0 aromatic carbocycles. The molecule has 0 radical (unpaired) electrons. The smallest absolute Gasteiger partial charge is 0.262 e. The van der Waals surface area contributed by atoms with E-state index < -0.39 is 0 Å². The highest BCUT2D eigenvalue weighted by molar-refractivity contribution is 7.99. The number of aryl methyl sites for hydroxylation is 1. The van der Waals surface area contributed by atoms with Gasteiger partial charge in [0.1, 0.15) is 5.00 Å². The molecule has 2 heterocycles. The topological polar surface area (TPSA) is 77.8 Å². The van der Waals surface area contributed by atoms with Gasteiger partial charge in [0.15, 0.2) is 5.82 Å². The third-order valence-electron chi connectivity index (χ3n) is 2.12. The molecular weight excluding hydrogens is 256 g/mol. The van der Waals surface area contributed by atoms with Gasteiger partial charge in [0, 0.05) is 0 Å². The lowest BCUT2D eigenvalue weighted by molar-refractivity contribution is 0.425. The van der Waals surface area contributed by atoms with E-state index in [0.717, 1.165) is 17.0 Å². The second-order valence-corrected chi connectivity index (χ2v) is 6.25. The molecule has 2 N–H and O–H groups in total. The van der Waals surface area contributed by atoms with Gasteiger partial charge in [-0.1, -0.05) is 19.0 Å². The van der Waals surface area contributed by atoms with Gasteiger partial charge in [-0.05, 0) is 23.7 Å². The minimum absolute atomic E-state index is 0.466. The van der Waals surface area contributed by atoms with E-state index in [1.54, 1.807) is 11.8 Å². The molecule has 2 aromatic rings. The van der Waals surface area contributed by atoms with Gasteiger partial charge >= 0.3 is 0 Å². The van der Waals surface area contributed by atoms with Gasteiger partial charge in [-0.15, -0.1) is 0 Å². The predicted molar refractivity (Wildman–Crippen MR) is 71.0 cm³/mol. The van der Waals surface area contributed by atoms with Crippen LogP contribution in [0.25, 0.3) is 11.5 Å².